The van der Waals surface area contributed by atoms with Crippen LogP contribution in [0.15, 0.2) is 18.2 Å². The second-order valence-electron chi connectivity index (χ2n) is 6.49. The van der Waals surface area contributed by atoms with Crippen LogP contribution in [0.25, 0.3) is 0 Å². The highest BCUT2D eigenvalue weighted by Gasteiger charge is 2.27. The Labute approximate surface area is 134 Å². The maximum atomic E-state index is 13.1. The molecule has 1 aliphatic heterocycles. The minimum Gasteiger partial charge on any atom is -0.492 e. The molecule has 1 aromatic carbocycles. The Bertz CT molecular complexity index is 540. The summed E-state index contributed by atoms with van der Waals surface area (Å²) >= 11 is 0. The number of benzene rings is 1. The van der Waals surface area contributed by atoms with Gasteiger partial charge < -0.3 is 19.7 Å². The first-order valence-electron chi connectivity index (χ1n) is 7.53. The van der Waals surface area contributed by atoms with Crippen LogP contribution in [0.4, 0.5) is 13.6 Å². The Balaban J connectivity index is 1.87. The molecule has 1 aromatic rings. The van der Waals surface area contributed by atoms with E-state index in [1.807, 2.05) is 20.8 Å². The number of hydrogen-bond donors (Lipinski definition) is 1. The summed E-state index contributed by atoms with van der Waals surface area (Å²) in [6.07, 6.45) is -0.374. The summed E-state index contributed by atoms with van der Waals surface area (Å²) < 4.78 is 37.0. The van der Waals surface area contributed by atoms with E-state index in [4.69, 9.17) is 9.47 Å². The summed E-state index contributed by atoms with van der Waals surface area (Å²) in [6, 6.07) is 2.90. The van der Waals surface area contributed by atoms with Crippen molar-refractivity contribution < 1.29 is 23.0 Å². The highest BCUT2D eigenvalue weighted by molar-refractivity contribution is 5.68. The Morgan fingerprint density at radius 3 is 2.57 bits per heavy atom. The summed E-state index contributed by atoms with van der Waals surface area (Å²) in [5, 5.41) is 3.20. The number of carbonyl (C=O) groups is 1. The van der Waals surface area contributed by atoms with Crippen LogP contribution in [-0.4, -0.2) is 48.9 Å². The molecular formula is C16H22F2N2O3. The Kier molecular flexibility index (Phi) is 5.41. The number of nitrogens with one attached hydrogen (secondary N) is 1. The average molecular weight is 328 g/mol. The number of ether oxygens (including phenoxy) is 2. The molecule has 23 heavy (non-hydrogen) atoms. The maximum Gasteiger partial charge on any atom is 0.410 e. The molecule has 128 valence electrons. The van der Waals surface area contributed by atoms with E-state index in [-0.39, 0.29) is 24.5 Å². The topological polar surface area (TPSA) is 50.8 Å². The number of hydrogen-bond acceptors (Lipinski definition) is 4. The summed E-state index contributed by atoms with van der Waals surface area (Å²) in [5.74, 6) is -1.25. The molecular weight excluding hydrogens is 306 g/mol. The van der Waals surface area contributed by atoms with Gasteiger partial charge >= 0.3 is 6.09 Å². The van der Waals surface area contributed by atoms with Gasteiger partial charge in [-0.15, -0.1) is 0 Å². The molecule has 0 radical (unpaired) electrons. The van der Waals surface area contributed by atoms with E-state index >= 15 is 0 Å². The Morgan fingerprint density at radius 1 is 1.30 bits per heavy atom. The van der Waals surface area contributed by atoms with E-state index in [0.717, 1.165) is 18.2 Å². The average Bonchev–Trinajstić information content (AvgIpc) is 2.43. The van der Waals surface area contributed by atoms with Crippen LogP contribution in [0, 0.1) is 11.6 Å². The number of amides is 1. The first-order valence-corrected chi connectivity index (χ1v) is 7.53. The molecule has 0 aromatic heterocycles. The van der Waals surface area contributed by atoms with E-state index < -0.39 is 17.2 Å². The fourth-order valence-electron chi connectivity index (χ4n) is 2.24. The van der Waals surface area contributed by atoms with Crippen molar-refractivity contribution in [2.24, 2.45) is 0 Å². The lowest BCUT2D eigenvalue weighted by molar-refractivity contribution is 0.0178. The highest BCUT2D eigenvalue weighted by Crippen LogP contribution is 2.16. The van der Waals surface area contributed by atoms with Crippen molar-refractivity contribution in [1.82, 2.24) is 10.2 Å². The Hall–Kier alpha value is -1.89. The molecule has 1 amide bonds. The number of carbonyl (C=O) groups excluding carboxylic acids is 1. The Morgan fingerprint density at radius 2 is 1.96 bits per heavy atom. The second-order valence-corrected chi connectivity index (χ2v) is 6.49. The van der Waals surface area contributed by atoms with Crippen LogP contribution in [-0.2, 0) is 4.74 Å². The van der Waals surface area contributed by atoms with Gasteiger partial charge in [-0.25, -0.2) is 13.6 Å². The van der Waals surface area contributed by atoms with Crippen molar-refractivity contribution in [2.75, 3.05) is 26.2 Å². The fourth-order valence-corrected chi connectivity index (χ4v) is 2.24. The molecule has 1 fully saturated rings. The fraction of sp³-hybridized carbons (Fsp3) is 0.562. The molecule has 0 aliphatic carbocycles. The zero-order valence-electron chi connectivity index (χ0n) is 13.6. The largest absolute Gasteiger partial charge is 0.492 e. The van der Waals surface area contributed by atoms with Crippen LogP contribution in [0.3, 0.4) is 0 Å². The number of nitrogens with zero attached hydrogens (tertiary/aromatic N) is 1. The van der Waals surface area contributed by atoms with E-state index in [9.17, 15) is 13.6 Å². The van der Waals surface area contributed by atoms with Gasteiger partial charge in [-0.05, 0) is 20.8 Å². The van der Waals surface area contributed by atoms with Gasteiger partial charge in [-0.1, -0.05) is 0 Å². The zero-order chi connectivity index (χ0) is 17.0. The van der Waals surface area contributed by atoms with Gasteiger partial charge in [-0.3, -0.25) is 0 Å². The minimum atomic E-state index is -0.688. The predicted octanol–water partition coefficient (Wildman–Crippen LogP) is 2.55. The van der Waals surface area contributed by atoms with Gasteiger partial charge in [0.1, 0.15) is 29.6 Å². The molecule has 7 heteroatoms. The second kappa shape index (κ2) is 7.12. The molecule has 0 spiro atoms. The smallest absolute Gasteiger partial charge is 0.410 e. The summed E-state index contributed by atoms with van der Waals surface area (Å²) in [5.41, 5.74) is -0.549. The third-order valence-corrected chi connectivity index (χ3v) is 3.19. The van der Waals surface area contributed by atoms with Gasteiger partial charge in [0.25, 0.3) is 0 Å². The number of piperazine rings is 1. The molecule has 1 N–H and O–H groups in total. The van der Waals surface area contributed by atoms with E-state index in [0.29, 0.717) is 19.6 Å². The van der Waals surface area contributed by atoms with Crippen LogP contribution in [0.1, 0.15) is 20.8 Å². The molecule has 1 saturated heterocycles. The molecule has 5 nitrogen and oxygen atoms in total. The molecule has 0 bridgehead atoms. The van der Waals surface area contributed by atoms with Crippen molar-refractivity contribution in [2.45, 2.75) is 32.4 Å². The molecule has 0 unspecified atom stereocenters. The maximum absolute atomic E-state index is 13.1. The van der Waals surface area contributed by atoms with Crippen molar-refractivity contribution in [1.29, 1.82) is 0 Å². The monoisotopic (exact) mass is 328 g/mol. The van der Waals surface area contributed by atoms with Crippen molar-refractivity contribution in [3.05, 3.63) is 29.8 Å². The van der Waals surface area contributed by atoms with Crippen molar-refractivity contribution >= 4 is 6.09 Å². The first kappa shape index (κ1) is 17.5. The summed E-state index contributed by atoms with van der Waals surface area (Å²) in [6.45, 7) is 7.18. The molecule has 2 rings (SSSR count). The van der Waals surface area contributed by atoms with Crippen molar-refractivity contribution in [3.8, 4) is 5.75 Å². The predicted molar refractivity (Wildman–Crippen MR) is 81.5 cm³/mol. The zero-order valence-corrected chi connectivity index (χ0v) is 13.6. The van der Waals surface area contributed by atoms with Gasteiger partial charge in [0.05, 0.1) is 6.04 Å². The SMILES string of the molecule is CC(C)(C)OC(=O)N1CCN[C@H](COc2cc(F)cc(F)c2)C1. The van der Waals surface area contributed by atoms with E-state index in [1.54, 1.807) is 4.90 Å². The van der Waals surface area contributed by atoms with Crippen LogP contribution in [0.2, 0.25) is 0 Å². The van der Waals surface area contributed by atoms with Gasteiger partial charge in [-0.2, -0.15) is 0 Å². The normalized spacial score (nSPS) is 18.7. The lowest BCUT2D eigenvalue weighted by atomic mass is 10.2. The lowest BCUT2D eigenvalue weighted by Gasteiger charge is -2.34. The highest BCUT2D eigenvalue weighted by atomic mass is 19.1. The number of halogens is 2. The molecule has 1 aliphatic rings. The molecule has 1 atom stereocenters. The van der Waals surface area contributed by atoms with Gasteiger partial charge in [0, 0.05) is 37.8 Å². The lowest BCUT2D eigenvalue weighted by Crippen LogP contribution is -2.55. The van der Waals surface area contributed by atoms with Gasteiger partial charge in [0.15, 0.2) is 0 Å². The van der Waals surface area contributed by atoms with Crippen LogP contribution >= 0.6 is 0 Å². The number of rotatable bonds is 3. The van der Waals surface area contributed by atoms with Gasteiger partial charge in [0.2, 0.25) is 0 Å². The van der Waals surface area contributed by atoms with Crippen LogP contribution < -0.4 is 10.1 Å². The van der Waals surface area contributed by atoms with Crippen LogP contribution in [0.5, 0.6) is 5.75 Å². The molecule has 0 saturated carbocycles. The molecule has 1 heterocycles. The first-order chi connectivity index (χ1) is 10.7. The van der Waals surface area contributed by atoms with E-state index in [1.165, 1.54) is 0 Å². The van der Waals surface area contributed by atoms with Crippen molar-refractivity contribution in [3.63, 3.8) is 0 Å². The quantitative estimate of drug-likeness (QED) is 0.926. The summed E-state index contributed by atoms with van der Waals surface area (Å²) in [4.78, 5) is 13.7. The van der Waals surface area contributed by atoms with E-state index in [2.05, 4.69) is 5.32 Å². The third kappa shape index (κ3) is 5.67. The minimum absolute atomic E-state index is 0.124. The standard InChI is InChI=1S/C16H22F2N2O3/c1-16(2,3)23-15(21)20-5-4-19-13(9-20)10-22-14-7-11(17)6-12(18)8-14/h6-8,13,19H,4-5,9-10H2,1-3H3/t13-/m0/s1. The third-order valence-electron chi connectivity index (χ3n) is 3.19. The summed E-state index contributed by atoms with van der Waals surface area (Å²) in [7, 11) is 0.